The summed E-state index contributed by atoms with van der Waals surface area (Å²) in [6.45, 7) is 0. The number of hydrogen-bond acceptors (Lipinski definition) is 0. The van der Waals surface area contributed by atoms with Gasteiger partial charge in [0.05, 0.1) is 0 Å². The molecule has 0 bridgehead atoms. The smallest absolute Gasteiger partial charge is 0 e. The molecule has 5 heteroatoms. The molecule has 0 rings (SSSR count). The molecule has 0 aliphatic heterocycles. The molecule has 40 valence electrons. The van der Waals surface area contributed by atoms with Crippen LogP contribution in [-0.2, 0) is 0 Å². The molecule has 0 N–H and O–H groups in total. The molecule has 0 radical (unpaired) electrons. The SMILES string of the molecule is Cl.Cl.Cl.Cl.[Gd]. The van der Waals surface area contributed by atoms with Crippen molar-refractivity contribution in [3.8, 4) is 0 Å². The first-order chi connectivity index (χ1) is 0. The van der Waals surface area contributed by atoms with Crippen molar-refractivity contribution in [2.75, 3.05) is 0 Å². The summed E-state index contributed by atoms with van der Waals surface area (Å²) in [5.74, 6) is 0. The molecule has 0 nitrogen and oxygen atoms in total. The molecular weight excluding hydrogens is 299 g/mol. The topological polar surface area (TPSA) is 0 Å². The third-order valence-corrected chi connectivity index (χ3v) is 0. The van der Waals surface area contributed by atoms with Crippen molar-refractivity contribution in [1.29, 1.82) is 0 Å². The van der Waals surface area contributed by atoms with Crippen molar-refractivity contribution in [2.45, 2.75) is 0 Å². The summed E-state index contributed by atoms with van der Waals surface area (Å²) in [5.41, 5.74) is 0. The van der Waals surface area contributed by atoms with E-state index < -0.39 is 0 Å². The van der Waals surface area contributed by atoms with Crippen LogP contribution >= 0.6 is 49.6 Å². The zero-order valence-electron chi connectivity index (χ0n) is 1.99. The van der Waals surface area contributed by atoms with E-state index in [-0.39, 0.29) is 89.6 Å². The van der Waals surface area contributed by atoms with Crippen molar-refractivity contribution < 1.29 is 39.9 Å². The summed E-state index contributed by atoms with van der Waals surface area (Å²) in [6.07, 6.45) is 0. The van der Waals surface area contributed by atoms with E-state index in [0.29, 0.717) is 0 Å². The maximum atomic E-state index is 0. The van der Waals surface area contributed by atoms with E-state index in [2.05, 4.69) is 0 Å². The Kier molecular flexibility index (Phi) is 322. The molecule has 0 spiro atoms. The van der Waals surface area contributed by atoms with Gasteiger partial charge in [0, 0.05) is 39.9 Å². The van der Waals surface area contributed by atoms with Crippen LogP contribution in [0.2, 0.25) is 0 Å². The van der Waals surface area contributed by atoms with E-state index in [4.69, 9.17) is 0 Å². The average Bonchev–Trinajstić information content (AvgIpc) is 0. The molecule has 0 heterocycles. The van der Waals surface area contributed by atoms with E-state index in [9.17, 15) is 0 Å². The Balaban J connectivity index is 0. The van der Waals surface area contributed by atoms with Crippen LogP contribution in [0.5, 0.6) is 0 Å². The fraction of sp³-hybridized carbons (Fsp3) is 0. The Bertz CT molecular complexity index is 3.61. The van der Waals surface area contributed by atoms with Gasteiger partial charge < -0.3 is 0 Å². The number of rotatable bonds is 0. The molecule has 0 aromatic heterocycles. The first-order valence-corrected chi connectivity index (χ1v) is 0. The summed E-state index contributed by atoms with van der Waals surface area (Å²) >= 11 is 0. The van der Waals surface area contributed by atoms with Crippen LogP contribution in [0.25, 0.3) is 0 Å². The minimum atomic E-state index is 0. The second-order valence-electron chi connectivity index (χ2n) is 0. The van der Waals surface area contributed by atoms with Crippen molar-refractivity contribution in [3.05, 3.63) is 0 Å². The number of hydrogen-bond donors (Lipinski definition) is 0. The maximum absolute atomic E-state index is 0. The first kappa shape index (κ1) is 51.0. The van der Waals surface area contributed by atoms with Crippen molar-refractivity contribution in [3.63, 3.8) is 0 Å². The Morgan fingerprint density at radius 1 is 0.400 bits per heavy atom. The minimum absolute atomic E-state index is 0. The zero-order chi connectivity index (χ0) is 0. The quantitative estimate of drug-likeness (QED) is 0.639. The molecule has 0 fully saturated rings. The summed E-state index contributed by atoms with van der Waals surface area (Å²) in [4.78, 5) is 0. The molecule has 0 atom stereocenters. The van der Waals surface area contributed by atoms with E-state index in [1.54, 1.807) is 0 Å². The summed E-state index contributed by atoms with van der Waals surface area (Å²) in [7, 11) is 0. The molecule has 0 saturated heterocycles. The molecule has 0 aromatic carbocycles. The van der Waals surface area contributed by atoms with E-state index in [0.717, 1.165) is 0 Å². The van der Waals surface area contributed by atoms with Crippen LogP contribution in [0.3, 0.4) is 0 Å². The van der Waals surface area contributed by atoms with Gasteiger partial charge in [-0.15, -0.1) is 49.6 Å². The third-order valence-electron chi connectivity index (χ3n) is 0. The summed E-state index contributed by atoms with van der Waals surface area (Å²) < 4.78 is 0. The Hall–Kier alpha value is 2.48. The van der Waals surface area contributed by atoms with E-state index in [1.807, 2.05) is 0 Å². The monoisotopic (exact) mass is 302 g/mol. The van der Waals surface area contributed by atoms with Gasteiger partial charge in [-0.05, 0) is 0 Å². The van der Waals surface area contributed by atoms with Gasteiger partial charge >= 0.3 is 0 Å². The predicted octanol–water partition coefficient (Wildman–Crippen LogP) is 1.69. The van der Waals surface area contributed by atoms with Crippen LogP contribution in [0.15, 0.2) is 0 Å². The fourth-order valence-corrected chi connectivity index (χ4v) is 0. The van der Waals surface area contributed by atoms with Crippen molar-refractivity contribution in [1.82, 2.24) is 0 Å². The van der Waals surface area contributed by atoms with Gasteiger partial charge in [0.25, 0.3) is 0 Å². The van der Waals surface area contributed by atoms with Crippen LogP contribution in [-0.4, -0.2) is 0 Å². The van der Waals surface area contributed by atoms with Gasteiger partial charge in [0.2, 0.25) is 0 Å². The van der Waals surface area contributed by atoms with Gasteiger partial charge in [-0.3, -0.25) is 0 Å². The zero-order valence-corrected chi connectivity index (χ0v) is 7.52. The molecule has 5 heavy (non-hydrogen) atoms. The molecule has 0 aromatic rings. The van der Waals surface area contributed by atoms with Crippen molar-refractivity contribution >= 4 is 49.6 Å². The average molecular weight is 303 g/mol. The molecule has 0 amide bonds. The predicted molar refractivity (Wildman–Crippen MR) is 29.0 cm³/mol. The Labute approximate surface area is 88.2 Å². The molecular formula is H4Cl4Gd. The molecule has 0 unspecified atom stereocenters. The summed E-state index contributed by atoms with van der Waals surface area (Å²) in [5, 5.41) is 0. The Morgan fingerprint density at radius 3 is 0.400 bits per heavy atom. The van der Waals surface area contributed by atoms with Crippen LogP contribution in [0, 0.1) is 39.9 Å². The number of halogens is 4. The molecule has 0 aliphatic rings. The van der Waals surface area contributed by atoms with E-state index >= 15 is 0 Å². The van der Waals surface area contributed by atoms with Gasteiger partial charge in [-0.1, -0.05) is 0 Å². The third kappa shape index (κ3) is 21.1. The fourth-order valence-electron chi connectivity index (χ4n) is 0. The van der Waals surface area contributed by atoms with E-state index in [1.165, 1.54) is 0 Å². The van der Waals surface area contributed by atoms with Crippen LogP contribution in [0.4, 0.5) is 0 Å². The molecule has 0 aliphatic carbocycles. The summed E-state index contributed by atoms with van der Waals surface area (Å²) in [6, 6.07) is 0. The standard InChI is InChI=1S/4ClH.Gd/h4*1H;. The van der Waals surface area contributed by atoms with Gasteiger partial charge in [0.1, 0.15) is 0 Å². The van der Waals surface area contributed by atoms with Crippen molar-refractivity contribution in [2.24, 2.45) is 0 Å². The van der Waals surface area contributed by atoms with Crippen LogP contribution < -0.4 is 0 Å². The second kappa shape index (κ2) is 31.6. The maximum Gasteiger partial charge on any atom is 0 e. The second-order valence-corrected chi connectivity index (χ2v) is 0. The minimum Gasteiger partial charge on any atom is -0.147 e. The van der Waals surface area contributed by atoms with Gasteiger partial charge in [-0.2, -0.15) is 0 Å². The first-order valence-electron chi connectivity index (χ1n) is 0. The normalized spacial score (nSPS) is 0. The Morgan fingerprint density at radius 2 is 0.400 bits per heavy atom. The molecule has 0 saturated carbocycles. The largest absolute Gasteiger partial charge is 0.147 e. The van der Waals surface area contributed by atoms with Gasteiger partial charge in [0.15, 0.2) is 0 Å². The van der Waals surface area contributed by atoms with Crippen LogP contribution in [0.1, 0.15) is 0 Å². The van der Waals surface area contributed by atoms with Gasteiger partial charge in [-0.25, -0.2) is 0 Å².